The highest BCUT2D eigenvalue weighted by molar-refractivity contribution is 6.12. The Kier molecular flexibility index (Phi) is 19.1. The van der Waals surface area contributed by atoms with Crippen molar-refractivity contribution in [3.8, 4) is 0 Å². The van der Waals surface area contributed by atoms with E-state index >= 15 is 0 Å². The number of carbonyl (C=O) groups is 8. The van der Waals surface area contributed by atoms with Crippen molar-refractivity contribution in [1.82, 2.24) is 30.2 Å². The van der Waals surface area contributed by atoms with Crippen LogP contribution in [-0.2, 0) is 54.3 Å². The van der Waals surface area contributed by atoms with Crippen LogP contribution in [0.2, 0.25) is 0 Å². The van der Waals surface area contributed by atoms with Gasteiger partial charge in [0.05, 0.1) is 36.6 Å². The molecule has 1 saturated carbocycles. The summed E-state index contributed by atoms with van der Waals surface area (Å²) in [5, 5.41) is 15.7. The van der Waals surface area contributed by atoms with E-state index in [0.29, 0.717) is 51.6 Å². The number of aliphatic carboxylic acids is 1. The number of hydrogen-bond donors (Lipinski definition) is 3. The number of unbranched alkanes of at least 4 members (excludes halogenated alkanes) is 2. The maximum absolute atomic E-state index is 14.7. The average molecular weight is 935 g/mol. The van der Waals surface area contributed by atoms with Crippen LogP contribution in [0.3, 0.4) is 0 Å². The molecule has 0 aromatic heterocycles. The number of hydrogen-bond acceptors (Lipinski definition) is 10. The summed E-state index contributed by atoms with van der Waals surface area (Å²) >= 11 is 0. The number of carboxylic acids is 1. The number of amides is 7. The number of methoxy groups -OCH3 is 2. The van der Waals surface area contributed by atoms with Gasteiger partial charge in [0.2, 0.25) is 29.5 Å². The summed E-state index contributed by atoms with van der Waals surface area (Å²) in [6.45, 7) is 10.1. The van der Waals surface area contributed by atoms with Gasteiger partial charge in [0.1, 0.15) is 18.1 Å². The summed E-state index contributed by atoms with van der Waals surface area (Å²) in [6, 6.07) is 5.19. The number of rotatable bonds is 25. The second-order valence-corrected chi connectivity index (χ2v) is 19.4. The van der Waals surface area contributed by atoms with E-state index in [-0.39, 0.29) is 78.5 Å². The lowest BCUT2D eigenvalue weighted by Crippen LogP contribution is -2.60. The van der Waals surface area contributed by atoms with Gasteiger partial charge in [-0.3, -0.25) is 38.5 Å². The van der Waals surface area contributed by atoms with E-state index in [2.05, 4.69) is 10.6 Å². The highest BCUT2D eigenvalue weighted by Crippen LogP contribution is 2.43. The second kappa shape index (κ2) is 24.2. The minimum Gasteiger partial charge on any atom is -0.480 e. The minimum atomic E-state index is -1.16. The van der Waals surface area contributed by atoms with Crippen molar-refractivity contribution in [2.24, 2.45) is 23.7 Å². The number of likely N-dealkylation sites (tertiary alicyclic amines) is 2. The van der Waals surface area contributed by atoms with Gasteiger partial charge in [0.15, 0.2) is 0 Å². The first-order chi connectivity index (χ1) is 31.9. The minimum absolute atomic E-state index is 0.0168. The predicted molar refractivity (Wildman–Crippen MR) is 249 cm³/mol. The van der Waals surface area contributed by atoms with Gasteiger partial charge in [-0.05, 0) is 68.3 Å². The van der Waals surface area contributed by atoms with Crippen LogP contribution < -0.4 is 10.6 Å². The molecule has 11 atom stereocenters. The van der Waals surface area contributed by atoms with Gasteiger partial charge in [0.25, 0.3) is 11.8 Å². The normalized spacial score (nSPS) is 23.2. The van der Waals surface area contributed by atoms with Crippen LogP contribution in [0.25, 0.3) is 0 Å². The molecule has 1 aromatic rings. The lowest BCUT2D eigenvalue weighted by atomic mass is 9.89. The third-order valence-corrected chi connectivity index (χ3v) is 14.7. The first kappa shape index (κ1) is 52.8. The Balaban J connectivity index is 1.22. The highest BCUT2D eigenvalue weighted by atomic mass is 16.5. The molecule has 1 aliphatic carbocycles. The van der Waals surface area contributed by atoms with E-state index in [1.54, 1.807) is 40.8 Å². The number of carbonyl (C=O) groups excluding carboxylic acids is 7. The molecule has 0 radical (unpaired) electrons. The van der Waals surface area contributed by atoms with E-state index in [9.17, 15) is 43.5 Å². The Labute approximate surface area is 395 Å². The Morgan fingerprint density at radius 3 is 2.18 bits per heavy atom. The Morgan fingerprint density at radius 2 is 1.57 bits per heavy atom. The Bertz CT molecular complexity index is 1940. The first-order valence-electron chi connectivity index (χ1n) is 24.3. The van der Waals surface area contributed by atoms with E-state index in [0.717, 1.165) is 24.8 Å². The molecule has 7 amide bonds. The van der Waals surface area contributed by atoms with Crippen LogP contribution >= 0.6 is 0 Å². The zero-order chi connectivity index (χ0) is 49.1. The Morgan fingerprint density at radius 1 is 0.881 bits per heavy atom. The molecule has 67 heavy (non-hydrogen) atoms. The van der Waals surface area contributed by atoms with Gasteiger partial charge >= 0.3 is 5.97 Å². The molecule has 0 unspecified atom stereocenters. The summed E-state index contributed by atoms with van der Waals surface area (Å²) in [5.74, 6) is -4.59. The molecular weight excluding hydrogens is 861 g/mol. The fourth-order valence-corrected chi connectivity index (χ4v) is 10.8. The van der Waals surface area contributed by atoms with Crippen LogP contribution in [-0.4, -0.2) is 155 Å². The molecule has 3 N–H and O–H groups in total. The van der Waals surface area contributed by atoms with Crippen molar-refractivity contribution in [3.05, 3.63) is 48.0 Å². The van der Waals surface area contributed by atoms with E-state index in [1.165, 1.54) is 31.3 Å². The monoisotopic (exact) mass is 935 g/mol. The zero-order valence-electron chi connectivity index (χ0n) is 40.7. The van der Waals surface area contributed by atoms with E-state index in [1.807, 2.05) is 45.9 Å². The van der Waals surface area contributed by atoms with E-state index in [4.69, 9.17) is 9.47 Å². The number of ether oxygens (including phenoxy) is 2. The van der Waals surface area contributed by atoms with Gasteiger partial charge in [-0.25, -0.2) is 4.79 Å². The molecule has 4 aliphatic rings. The van der Waals surface area contributed by atoms with Gasteiger partial charge in [-0.2, -0.15) is 0 Å². The standard InChI is InChI=1S/C50H74N6O11/c1-9-31(4)44(38(66-7)29-42(60)54-26-16-19-37(54)46(67-8)32(5)47(61)51-36(50(64)65)27-33-17-12-10-13-18-33)53(6)49(63)43(30(2)3)52-48(62)45-34-21-22-35(28-34)56(45)41(59)20-14-11-15-25-55-39(57)23-24-40(55)58/h10,12-13,17-18,23-24,30-32,34-38,43-46H,9,11,14-16,19-22,25-29H2,1-8H3,(H,51,61)(H,52,62)(H,64,65)/t31-,32+,34-,35-,36-,37-,38+,43-,44-,45-,46+/m0/s1. The second-order valence-electron chi connectivity index (χ2n) is 19.4. The molecule has 370 valence electrons. The molecule has 3 aliphatic heterocycles. The summed E-state index contributed by atoms with van der Waals surface area (Å²) in [4.78, 5) is 113. The fourth-order valence-electron chi connectivity index (χ4n) is 10.8. The van der Waals surface area contributed by atoms with Gasteiger partial charge in [-0.15, -0.1) is 0 Å². The van der Waals surface area contributed by atoms with Crippen LogP contribution in [0.15, 0.2) is 42.5 Å². The number of nitrogens with one attached hydrogen (secondary N) is 2. The molecule has 3 fully saturated rings. The van der Waals surface area contributed by atoms with E-state index < -0.39 is 60.2 Å². The van der Waals surface area contributed by atoms with Gasteiger partial charge < -0.3 is 39.9 Å². The van der Waals surface area contributed by atoms with Crippen molar-refractivity contribution in [2.45, 2.75) is 160 Å². The fraction of sp³-hybridized carbons (Fsp3) is 0.680. The molecule has 0 spiro atoms. The number of nitrogens with zero attached hydrogens (tertiary/aromatic N) is 4. The number of imide groups is 1. The molecule has 2 saturated heterocycles. The van der Waals surface area contributed by atoms with Crippen molar-refractivity contribution in [1.29, 1.82) is 0 Å². The highest BCUT2D eigenvalue weighted by Gasteiger charge is 2.52. The third-order valence-electron chi connectivity index (χ3n) is 14.7. The van der Waals surface area contributed by atoms with Crippen LogP contribution in [0.5, 0.6) is 0 Å². The summed E-state index contributed by atoms with van der Waals surface area (Å²) < 4.78 is 12.0. The topological polar surface area (TPSA) is 212 Å². The molecule has 2 bridgehead atoms. The van der Waals surface area contributed by atoms with Crippen LogP contribution in [0, 0.1) is 23.7 Å². The SMILES string of the molecule is CC[C@H](C)[C@@H]([C@@H](CC(=O)N1CCC[C@H]1[C@H](OC)[C@@H](C)C(=O)N[C@@H](Cc1ccccc1)C(=O)O)OC)N(C)C(=O)[C@@H](NC(=O)[C@@H]1[C@H]2CC[C@@H](C2)N1C(=O)CCCCCN1C(=O)C=CC1=O)C(C)C. The van der Waals surface area contributed by atoms with Crippen LogP contribution in [0.1, 0.15) is 111 Å². The first-order valence-corrected chi connectivity index (χ1v) is 24.3. The lowest BCUT2D eigenvalue weighted by molar-refractivity contribution is -0.149. The van der Waals surface area contributed by atoms with Crippen molar-refractivity contribution >= 4 is 47.3 Å². The largest absolute Gasteiger partial charge is 0.480 e. The number of fused-ring (bicyclic) bond motifs is 2. The molecule has 17 nitrogen and oxygen atoms in total. The maximum Gasteiger partial charge on any atom is 0.326 e. The summed E-state index contributed by atoms with van der Waals surface area (Å²) in [5.41, 5.74) is 0.767. The smallest absolute Gasteiger partial charge is 0.326 e. The number of piperidine rings is 1. The molecule has 17 heteroatoms. The Hall–Kier alpha value is -5.16. The average Bonchev–Trinajstić information content (AvgIpc) is 4.13. The molecular formula is C50H74N6O11. The third kappa shape index (κ3) is 12.7. The van der Waals surface area contributed by atoms with Gasteiger partial charge in [0, 0.05) is 65.4 Å². The van der Waals surface area contributed by atoms with Crippen LogP contribution in [0.4, 0.5) is 0 Å². The van der Waals surface area contributed by atoms with Gasteiger partial charge in [-0.1, -0.05) is 77.8 Å². The number of benzene rings is 1. The molecule has 3 heterocycles. The zero-order valence-corrected chi connectivity index (χ0v) is 40.7. The van der Waals surface area contributed by atoms with Crippen molar-refractivity contribution in [3.63, 3.8) is 0 Å². The quantitative estimate of drug-likeness (QED) is 0.0950. The summed E-state index contributed by atoms with van der Waals surface area (Å²) in [7, 11) is 4.68. The number of carboxylic acid groups (broad SMARTS) is 1. The maximum atomic E-state index is 14.7. The number of likely N-dealkylation sites (N-methyl/N-ethyl adjacent to an activating group) is 1. The summed E-state index contributed by atoms with van der Waals surface area (Å²) in [6.07, 6.45) is 7.35. The van der Waals surface area contributed by atoms with Crippen molar-refractivity contribution in [2.75, 3.05) is 34.4 Å². The predicted octanol–water partition coefficient (Wildman–Crippen LogP) is 3.72. The van der Waals surface area contributed by atoms with Crippen molar-refractivity contribution < 1.29 is 52.9 Å². The molecule has 5 rings (SSSR count). The molecule has 1 aromatic carbocycles. The lowest BCUT2D eigenvalue weighted by Gasteiger charge is -2.41.